The summed E-state index contributed by atoms with van der Waals surface area (Å²) in [6.07, 6.45) is 0. The van der Waals surface area contributed by atoms with Crippen LogP contribution in [0.4, 0.5) is 9.18 Å². The molecule has 2 rings (SSSR count). The van der Waals surface area contributed by atoms with E-state index < -0.39 is 17.6 Å². The van der Waals surface area contributed by atoms with E-state index in [2.05, 4.69) is 21.5 Å². The molecule has 0 aliphatic rings. The first-order valence-electron chi connectivity index (χ1n) is 8.95. The highest BCUT2D eigenvalue weighted by Crippen LogP contribution is 2.20. The number of rotatable bonds is 7. The summed E-state index contributed by atoms with van der Waals surface area (Å²) in [6.45, 7) is 4.05. The molecule has 154 valence electrons. The van der Waals surface area contributed by atoms with E-state index in [4.69, 9.17) is 0 Å². The lowest BCUT2D eigenvalue weighted by Crippen LogP contribution is -2.42. The number of amides is 4. The Kier molecular flexibility index (Phi) is 8.47. The number of benzene rings is 2. The molecule has 0 aliphatic carbocycles. The van der Waals surface area contributed by atoms with Gasteiger partial charge in [-0.1, -0.05) is 24.3 Å². The van der Waals surface area contributed by atoms with E-state index in [9.17, 15) is 18.8 Å². The van der Waals surface area contributed by atoms with Crippen molar-refractivity contribution in [2.24, 2.45) is 0 Å². The Labute approximate surface area is 172 Å². The zero-order valence-electron chi connectivity index (χ0n) is 16.1. The highest BCUT2D eigenvalue weighted by molar-refractivity contribution is 8.00. The first-order valence-corrected chi connectivity index (χ1v) is 9.93. The van der Waals surface area contributed by atoms with Gasteiger partial charge in [0.2, 0.25) is 5.91 Å². The monoisotopic (exact) mass is 418 g/mol. The second-order valence-corrected chi connectivity index (χ2v) is 7.42. The highest BCUT2D eigenvalue weighted by atomic mass is 32.2. The maximum Gasteiger partial charge on any atom is 0.315 e. The van der Waals surface area contributed by atoms with Gasteiger partial charge in [-0.15, -0.1) is 11.8 Å². The number of hydrogen-bond acceptors (Lipinski definition) is 4. The van der Waals surface area contributed by atoms with Crippen LogP contribution < -0.4 is 21.5 Å². The van der Waals surface area contributed by atoms with Gasteiger partial charge in [-0.2, -0.15) is 0 Å². The van der Waals surface area contributed by atoms with Gasteiger partial charge < -0.3 is 10.6 Å². The highest BCUT2D eigenvalue weighted by Gasteiger charge is 2.10. The molecule has 4 amide bonds. The van der Waals surface area contributed by atoms with Gasteiger partial charge in [0.05, 0.1) is 5.75 Å². The second-order valence-electron chi connectivity index (χ2n) is 6.40. The molecular formula is C20H23FN4O3S. The van der Waals surface area contributed by atoms with E-state index in [0.717, 1.165) is 17.3 Å². The summed E-state index contributed by atoms with van der Waals surface area (Å²) in [5.41, 5.74) is 5.79. The molecule has 2 aromatic rings. The van der Waals surface area contributed by atoms with Crippen LogP contribution in [0, 0.1) is 5.82 Å². The van der Waals surface area contributed by atoms with Crippen LogP contribution in [0.15, 0.2) is 53.4 Å². The minimum Gasteiger partial charge on any atom is -0.336 e. The summed E-state index contributed by atoms with van der Waals surface area (Å²) in [4.78, 5) is 35.9. The van der Waals surface area contributed by atoms with Gasteiger partial charge in [-0.25, -0.2) is 9.18 Å². The summed E-state index contributed by atoms with van der Waals surface area (Å²) in [6, 6.07) is 12.5. The summed E-state index contributed by atoms with van der Waals surface area (Å²) < 4.78 is 13.5. The zero-order chi connectivity index (χ0) is 21.2. The minimum atomic E-state index is -0.480. The Morgan fingerprint density at radius 1 is 1.00 bits per heavy atom. The summed E-state index contributed by atoms with van der Waals surface area (Å²) >= 11 is 1.04. The van der Waals surface area contributed by atoms with Gasteiger partial charge in [-0.3, -0.25) is 20.4 Å². The van der Waals surface area contributed by atoms with Crippen LogP contribution in [0.5, 0.6) is 0 Å². The number of halogens is 1. The number of nitrogens with one attached hydrogen (secondary N) is 4. The maximum absolute atomic E-state index is 13.5. The molecule has 2 aromatic carbocycles. The molecule has 29 heavy (non-hydrogen) atoms. The lowest BCUT2D eigenvalue weighted by Gasteiger charge is -2.11. The van der Waals surface area contributed by atoms with Gasteiger partial charge in [0.25, 0.3) is 5.91 Å². The number of hydrazine groups is 1. The molecule has 9 heteroatoms. The van der Waals surface area contributed by atoms with Gasteiger partial charge in [0.1, 0.15) is 5.82 Å². The number of carbonyl (C=O) groups is 3. The fourth-order valence-electron chi connectivity index (χ4n) is 2.21. The normalized spacial score (nSPS) is 10.3. The predicted molar refractivity (Wildman–Crippen MR) is 110 cm³/mol. The van der Waals surface area contributed by atoms with Crippen molar-refractivity contribution in [2.75, 3.05) is 5.75 Å². The van der Waals surface area contributed by atoms with E-state index in [1.807, 2.05) is 13.8 Å². The van der Waals surface area contributed by atoms with Crippen LogP contribution in [-0.4, -0.2) is 29.6 Å². The number of carbonyl (C=O) groups excluding carboxylic acids is 3. The molecule has 0 radical (unpaired) electrons. The fourth-order valence-corrected chi connectivity index (χ4v) is 2.95. The van der Waals surface area contributed by atoms with Gasteiger partial charge >= 0.3 is 6.03 Å². The van der Waals surface area contributed by atoms with Crippen LogP contribution >= 0.6 is 11.8 Å². The summed E-state index contributed by atoms with van der Waals surface area (Å²) in [5.74, 6) is -1.37. The van der Waals surface area contributed by atoms with E-state index in [-0.39, 0.29) is 17.8 Å². The Morgan fingerprint density at radius 3 is 2.34 bits per heavy atom. The molecule has 7 nitrogen and oxygen atoms in total. The van der Waals surface area contributed by atoms with Crippen molar-refractivity contribution in [3.63, 3.8) is 0 Å². The average Bonchev–Trinajstić information content (AvgIpc) is 2.69. The van der Waals surface area contributed by atoms with E-state index in [1.165, 1.54) is 6.07 Å². The topological polar surface area (TPSA) is 99.3 Å². The molecule has 0 spiro atoms. The molecule has 0 aromatic heterocycles. The molecule has 0 heterocycles. The number of urea groups is 1. The second kappa shape index (κ2) is 11.1. The van der Waals surface area contributed by atoms with Crippen LogP contribution in [0.25, 0.3) is 0 Å². The van der Waals surface area contributed by atoms with Crippen molar-refractivity contribution < 1.29 is 18.8 Å². The van der Waals surface area contributed by atoms with Gasteiger partial charge in [0.15, 0.2) is 0 Å². The van der Waals surface area contributed by atoms with Gasteiger partial charge in [0, 0.05) is 23.0 Å². The Hall–Kier alpha value is -3.07. The third-order valence-corrected chi connectivity index (χ3v) is 4.65. The lowest BCUT2D eigenvalue weighted by atomic mass is 10.1. The molecule has 0 aliphatic heterocycles. The standard InChI is InChI=1S/C20H23FN4O3S/c1-13(2)23-20(28)22-11-14-7-9-15(10-8-14)19(27)25-24-18(26)12-29-17-6-4-3-5-16(17)21/h3-10,13H,11-12H2,1-2H3,(H,24,26)(H,25,27)(H2,22,23,28). The van der Waals surface area contributed by atoms with Crippen LogP contribution in [0.2, 0.25) is 0 Å². The third kappa shape index (κ3) is 7.82. The molecule has 0 fully saturated rings. The molecule has 0 saturated heterocycles. The summed E-state index contributed by atoms with van der Waals surface area (Å²) in [7, 11) is 0. The first kappa shape index (κ1) is 22.2. The molecule has 0 saturated carbocycles. The molecule has 0 bridgehead atoms. The zero-order valence-corrected chi connectivity index (χ0v) is 16.9. The van der Waals surface area contributed by atoms with E-state index >= 15 is 0 Å². The number of hydrogen-bond donors (Lipinski definition) is 4. The Morgan fingerprint density at radius 2 is 1.69 bits per heavy atom. The lowest BCUT2D eigenvalue weighted by molar-refractivity contribution is -0.119. The quantitative estimate of drug-likeness (QED) is 0.410. The largest absolute Gasteiger partial charge is 0.336 e. The fraction of sp³-hybridized carbons (Fsp3) is 0.250. The van der Waals surface area contributed by atoms with Crippen molar-refractivity contribution in [1.82, 2.24) is 21.5 Å². The molecule has 0 unspecified atom stereocenters. The Bertz CT molecular complexity index is 859. The van der Waals surface area contributed by atoms with Crippen LogP contribution in [0.1, 0.15) is 29.8 Å². The van der Waals surface area contributed by atoms with Crippen molar-refractivity contribution in [1.29, 1.82) is 0 Å². The smallest absolute Gasteiger partial charge is 0.315 e. The van der Waals surface area contributed by atoms with Crippen LogP contribution in [-0.2, 0) is 11.3 Å². The van der Waals surface area contributed by atoms with Crippen molar-refractivity contribution >= 4 is 29.6 Å². The molecule has 4 N–H and O–H groups in total. The molecular weight excluding hydrogens is 395 g/mol. The minimum absolute atomic E-state index is 0.0374. The van der Waals surface area contributed by atoms with E-state index in [0.29, 0.717) is 17.0 Å². The number of thioether (sulfide) groups is 1. The van der Waals surface area contributed by atoms with Crippen LogP contribution in [0.3, 0.4) is 0 Å². The Balaban J connectivity index is 1.75. The molecule has 0 atom stereocenters. The first-order chi connectivity index (χ1) is 13.8. The SMILES string of the molecule is CC(C)NC(=O)NCc1ccc(C(=O)NNC(=O)CSc2ccccc2F)cc1. The van der Waals surface area contributed by atoms with Crippen molar-refractivity contribution in [3.8, 4) is 0 Å². The average molecular weight is 418 g/mol. The predicted octanol–water partition coefficient (Wildman–Crippen LogP) is 2.59. The van der Waals surface area contributed by atoms with E-state index in [1.54, 1.807) is 42.5 Å². The third-order valence-electron chi connectivity index (χ3n) is 3.60. The summed E-state index contributed by atoms with van der Waals surface area (Å²) in [5, 5.41) is 5.43. The van der Waals surface area contributed by atoms with Crippen molar-refractivity contribution in [3.05, 3.63) is 65.5 Å². The van der Waals surface area contributed by atoms with Gasteiger partial charge in [-0.05, 0) is 43.7 Å². The van der Waals surface area contributed by atoms with Crippen molar-refractivity contribution in [2.45, 2.75) is 31.3 Å². The maximum atomic E-state index is 13.5.